The second kappa shape index (κ2) is 5.72. The molecule has 0 fully saturated rings. The highest BCUT2D eigenvalue weighted by molar-refractivity contribution is 6.02. The molecule has 0 radical (unpaired) electrons. The van der Waals surface area contributed by atoms with Gasteiger partial charge < -0.3 is 19.8 Å². The van der Waals surface area contributed by atoms with E-state index in [9.17, 15) is 9.59 Å². The van der Waals surface area contributed by atoms with Crippen LogP contribution in [0, 0.1) is 0 Å². The molecule has 1 aromatic carbocycles. The lowest BCUT2D eigenvalue weighted by Gasteiger charge is -2.06. The Labute approximate surface area is 109 Å². The van der Waals surface area contributed by atoms with E-state index in [0.717, 1.165) is 0 Å². The van der Waals surface area contributed by atoms with E-state index in [1.165, 1.54) is 19.4 Å². The van der Waals surface area contributed by atoms with Gasteiger partial charge in [-0.05, 0) is 24.3 Å². The van der Waals surface area contributed by atoms with Crippen molar-refractivity contribution in [2.45, 2.75) is 0 Å². The molecule has 1 aromatic heterocycles. The van der Waals surface area contributed by atoms with Crippen molar-refractivity contribution in [2.75, 3.05) is 12.4 Å². The summed E-state index contributed by atoms with van der Waals surface area (Å²) in [6.45, 7) is 0. The quantitative estimate of drug-likeness (QED) is 0.886. The minimum absolute atomic E-state index is 0.206. The maximum absolute atomic E-state index is 11.7. The number of nitrogens with one attached hydrogen (secondary N) is 2. The molecule has 0 aliphatic rings. The van der Waals surface area contributed by atoms with E-state index in [0.29, 0.717) is 11.4 Å². The van der Waals surface area contributed by atoms with Gasteiger partial charge in [-0.2, -0.15) is 0 Å². The third-order valence-corrected chi connectivity index (χ3v) is 2.25. The predicted octanol–water partition coefficient (Wildman–Crippen LogP) is 2.25. The number of carbonyl (C=O) groups excluding carboxylic acids is 2. The van der Waals surface area contributed by atoms with Crippen molar-refractivity contribution in [3.05, 3.63) is 48.4 Å². The maximum Gasteiger partial charge on any atom is 0.412 e. The smallest absolute Gasteiger partial charge is 0.412 e. The van der Waals surface area contributed by atoms with E-state index in [1.807, 2.05) is 0 Å². The molecule has 0 spiro atoms. The first-order valence-electron chi connectivity index (χ1n) is 5.53. The van der Waals surface area contributed by atoms with Gasteiger partial charge >= 0.3 is 6.09 Å². The summed E-state index contributed by atoms with van der Waals surface area (Å²) in [7, 11) is 1.46. The second-order valence-corrected chi connectivity index (χ2v) is 3.60. The number of benzene rings is 1. The van der Waals surface area contributed by atoms with Crippen molar-refractivity contribution in [3.63, 3.8) is 0 Å². The van der Waals surface area contributed by atoms with Crippen LogP contribution >= 0.6 is 0 Å². The van der Waals surface area contributed by atoms with E-state index in [4.69, 9.17) is 9.15 Å². The number of furan rings is 1. The van der Waals surface area contributed by atoms with Gasteiger partial charge in [-0.25, -0.2) is 4.79 Å². The van der Waals surface area contributed by atoms with Gasteiger partial charge in [-0.1, -0.05) is 6.07 Å². The number of ether oxygens (including phenoxy) is 1. The highest BCUT2D eigenvalue weighted by Crippen LogP contribution is 2.18. The molecule has 0 aliphatic carbocycles. The summed E-state index contributed by atoms with van der Waals surface area (Å²) in [5.41, 5.74) is 0.503. The van der Waals surface area contributed by atoms with Gasteiger partial charge in [0.25, 0.3) is 5.91 Å². The Kier molecular flexibility index (Phi) is 3.82. The van der Waals surface area contributed by atoms with Gasteiger partial charge in [0.15, 0.2) is 5.76 Å². The zero-order chi connectivity index (χ0) is 13.7. The van der Waals surface area contributed by atoms with Crippen LogP contribution in [0.2, 0.25) is 0 Å². The minimum Gasteiger partial charge on any atom is -0.459 e. The normalized spacial score (nSPS) is 9.74. The number of anilines is 1. The maximum atomic E-state index is 11.7. The van der Waals surface area contributed by atoms with Crippen molar-refractivity contribution >= 4 is 17.7 Å². The third kappa shape index (κ3) is 3.35. The molecule has 19 heavy (non-hydrogen) atoms. The molecule has 2 aromatic rings. The van der Waals surface area contributed by atoms with Crippen LogP contribution in [0.25, 0.3) is 0 Å². The molecule has 0 saturated carbocycles. The Balaban J connectivity index is 2.07. The van der Waals surface area contributed by atoms with E-state index in [-0.39, 0.29) is 11.7 Å². The molecule has 0 atom stereocenters. The zero-order valence-corrected chi connectivity index (χ0v) is 10.2. The van der Waals surface area contributed by atoms with Crippen LogP contribution in [0.1, 0.15) is 10.6 Å². The number of amides is 2. The van der Waals surface area contributed by atoms with E-state index in [2.05, 4.69) is 10.6 Å². The summed E-state index contributed by atoms with van der Waals surface area (Å²) in [6, 6.07) is 9.67. The van der Waals surface area contributed by atoms with Crippen LogP contribution in [0.4, 0.5) is 10.5 Å². The average molecular weight is 260 g/mol. The summed E-state index contributed by atoms with van der Waals surface area (Å²) in [5, 5.41) is 4.96. The van der Waals surface area contributed by atoms with Crippen LogP contribution in [0.3, 0.4) is 0 Å². The Morgan fingerprint density at radius 3 is 2.74 bits per heavy atom. The summed E-state index contributed by atoms with van der Waals surface area (Å²) in [5.74, 6) is 0.163. The number of carbonyl (C=O) groups is 2. The average Bonchev–Trinajstić information content (AvgIpc) is 2.93. The number of rotatable bonds is 3. The topological polar surface area (TPSA) is 80.6 Å². The van der Waals surface area contributed by atoms with Gasteiger partial charge in [0.05, 0.1) is 6.26 Å². The fourth-order valence-corrected chi connectivity index (χ4v) is 1.40. The Morgan fingerprint density at radius 2 is 2.05 bits per heavy atom. The van der Waals surface area contributed by atoms with Crippen molar-refractivity contribution < 1.29 is 18.7 Å². The predicted molar refractivity (Wildman–Crippen MR) is 68.2 cm³/mol. The lowest BCUT2D eigenvalue weighted by Crippen LogP contribution is -2.22. The van der Waals surface area contributed by atoms with Gasteiger partial charge in [0.1, 0.15) is 5.75 Å². The highest BCUT2D eigenvalue weighted by atomic mass is 16.5. The zero-order valence-electron chi connectivity index (χ0n) is 10.2. The van der Waals surface area contributed by atoms with Crippen LogP contribution in [-0.4, -0.2) is 19.0 Å². The summed E-state index contributed by atoms with van der Waals surface area (Å²) in [6.07, 6.45) is 0.842. The summed E-state index contributed by atoms with van der Waals surface area (Å²) >= 11 is 0. The first-order valence-corrected chi connectivity index (χ1v) is 5.53. The molecule has 1 heterocycles. The van der Waals surface area contributed by atoms with Crippen LogP contribution < -0.4 is 15.4 Å². The molecule has 2 N–H and O–H groups in total. The molecular weight excluding hydrogens is 248 g/mol. The largest absolute Gasteiger partial charge is 0.459 e. The van der Waals surface area contributed by atoms with Gasteiger partial charge in [-0.3, -0.25) is 4.79 Å². The van der Waals surface area contributed by atoms with Crippen LogP contribution in [-0.2, 0) is 0 Å². The standard InChI is InChI=1S/C13H12N2O4/c1-14-13(17)19-10-5-2-4-9(8-10)15-12(16)11-6-3-7-18-11/h2-8H,1H3,(H,14,17)(H,15,16). The molecule has 0 unspecified atom stereocenters. The molecular formula is C13H12N2O4. The fraction of sp³-hybridized carbons (Fsp3) is 0.0769. The summed E-state index contributed by atoms with van der Waals surface area (Å²) in [4.78, 5) is 22.8. The third-order valence-electron chi connectivity index (χ3n) is 2.25. The van der Waals surface area contributed by atoms with Crippen LogP contribution in [0.5, 0.6) is 5.75 Å². The van der Waals surface area contributed by atoms with Gasteiger partial charge in [-0.15, -0.1) is 0 Å². The molecule has 2 amide bonds. The Morgan fingerprint density at radius 1 is 1.21 bits per heavy atom. The number of hydrogen-bond donors (Lipinski definition) is 2. The van der Waals surface area contributed by atoms with Crippen molar-refractivity contribution in [1.82, 2.24) is 5.32 Å². The van der Waals surface area contributed by atoms with E-state index in [1.54, 1.807) is 30.3 Å². The molecule has 6 heteroatoms. The molecule has 0 saturated heterocycles. The van der Waals surface area contributed by atoms with Crippen molar-refractivity contribution in [2.24, 2.45) is 0 Å². The lowest BCUT2D eigenvalue weighted by atomic mass is 10.3. The van der Waals surface area contributed by atoms with E-state index < -0.39 is 6.09 Å². The van der Waals surface area contributed by atoms with E-state index >= 15 is 0 Å². The minimum atomic E-state index is -0.575. The SMILES string of the molecule is CNC(=O)Oc1cccc(NC(=O)c2ccco2)c1. The molecule has 6 nitrogen and oxygen atoms in total. The van der Waals surface area contributed by atoms with Crippen molar-refractivity contribution in [3.8, 4) is 5.75 Å². The fourth-order valence-electron chi connectivity index (χ4n) is 1.40. The monoisotopic (exact) mass is 260 g/mol. The van der Waals surface area contributed by atoms with Gasteiger partial charge in [0.2, 0.25) is 0 Å². The Hall–Kier alpha value is -2.76. The second-order valence-electron chi connectivity index (χ2n) is 3.60. The molecule has 98 valence electrons. The molecule has 2 rings (SSSR count). The van der Waals surface area contributed by atoms with Gasteiger partial charge in [0, 0.05) is 18.8 Å². The summed E-state index contributed by atoms with van der Waals surface area (Å²) < 4.78 is 9.92. The molecule has 0 bridgehead atoms. The lowest BCUT2D eigenvalue weighted by molar-refractivity contribution is 0.0996. The highest BCUT2D eigenvalue weighted by Gasteiger charge is 2.09. The first-order chi connectivity index (χ1) is 9.19. The first kappa shape index (κ1) is 12.7. The van der Waals surface area contributed by atoms with Crippen LogP contribution in [0.15, 0.2) is 47.1 Å². The van der Waals surface area contributed by atoms with Crippen molar-refractivity contribution in [1.29, 1.82) is 0 Å². The number of hydrogen-bond acceptors (Lipinski definition) is 4. The molecule has 0 aliphatic heterocycles. The Bertz CT molecular complexity index is 578.